The second kappa shape index (κ2) is 5.83. The largest absolute Gasteiger partial charge is 0.416 e. The molecule has 1 aliphatic rings. The average Bonchev–Trinajstić information content (AvgIpc) is 2.89. The number of carbonyl (C=O) groups is 1. The van der Waals surface area contributed by atoms with Crippen LogP contribution in [-0.2, 0) is 17.4 Å². The van der Waals surface area contributed by atoms with Crippen LogP contribution in [-0.4, -0.2) is 23.3 Å². The predicted octanol–water partition coefficient (Wildman–Crippen LogP) is 3.09. The van der Waals surface area contributed by atoms with E-state index >= 15 is 0 Å². The molecule has 0 saturated carbocycles. The van der Waals surface area contributed by atoms with Gasteiger partial charge in [0.15, 0.2) is 0 Å². The molecule has 0 radical (unpaired) electrons. The lowest BCUT2D eigenvalue weighted by Crippen LogP contribution is -2.30. The van der Waals surface area contributed by atoms with Crippen LogP contribution in [0, 0.1) is 0 Å². The highest BCUT2D eigenvalue weighted by Gasteiger charge is 2.31. The summed E-state index contributed by atoms with van der Waals surface area (Å²) in [6.07, 6.45) is -0.763. The zero-order valence-corrected chi connectivity index (χ0v) is 11.9. The highest BCUT2D eigenvalue weighted by atomic mass is 19.4. The summed E-state index contributed by atoms with van der Waals surface area (Å²) in [5.74, 6) is -0.290. The van der Waals surface area contributed by atoms with Crippen LogP contribution in [0.4, 0.5) is 18.9 Å². The van der Waals surface area contributed by atoms with Crippen molar-refractivity contribution in [2.24, 2.45) is 4.99 Å². The van der Waals surface area contributed by atoms with Gasteiger partial charge in [-0.25, -0.2) is 0 Å². The van der Waals surface area contributed by atoms with Crippen molar-refractivity contribution in [1.29, 1.82) is 0 Å². The minimum atomic E-state index is -4.39. The number of benzene rings is 1. The lowest BCUT2D eigenvalue weighted by atomic mass is 10.1. The van der Waals surface area contributed by atoms with Crippen molar-refractivity contribution in [2.75, 3.05) is 11.6 Å². The van der Waals surface area contributed by atoms with Gasteiger partial charge in [-0.05, 0) is 42.0 Å². The smallest absolute Gasteiger partial charge is 0.287 e. The zero-order chi connectivity index (χ0) is 16.4. The van der Waals surface area contributed by atoms with Crippen LogP contribution in [0.5, 0.6) is 0 Å². The molecule has 0 N–H and O–H groups in total. The second-order valence-corrected chi connectivity index (χ2v) is 5.06. The lowest BCUT2D eigenvalue weighted by molar-refractivity contribution is -0.137. The van der Waals surface area contributed by atoms with Crippen molar-refractivity contribution < 1.29 is 18.0 Å². The number of rotatable bonds is 3. The molecule has 1 amide bonds. The van der Waals surface area contributed by atoms with Gasteiger partial charge in [0.2, 0.25) is 0 Å². The van der Waals surface area contributed by atoms with Crippen LogP contribution in [0.1, 0.15) is 11.1 Å². The van der Waals surface area contributed by atoms with E-state index < -0.39 is 11.7 Å². The fourth-order valence-electron chi connectivity index (χ4n) is 2.30. The van der Waals surface area contributed by atoms with E-state index in [4.69, 9.17) is 0 Å². The third kappa shape index (κ3) is 3.23. The number of nitrogens with zero attached hydrogens (tertiary/aromatic N) is 3. The van der Waals surface area contributed by atoms with Gasteiger partial charge in [0, 0.05) is 24.5 Å². The molecule has 2 aromatic rings. The van der Waals surface area contributed by atoms with Crippen LogP contribution < -0.4 is 4.90 Å². The van der Waals surface area contributed by atoms with Crippen LogP contribution in [0.25, 0.3) is 0 Å². The molecular weight excluding hydrogens is 307 g/mol. The third-order valence-corrected chi connectivity index (χ3v) is 3.52. The molecular formula is C16H12F3N3O. The molecule has 0 fully saturated rings. The zero-order valence-electron chi connectivity index (χ0n) is 11.9. The van der Waals surface area contributed by atoms with Crippen molar-refractivity contribution in [3.63, 3.8) is 0 Å². The van der Waals surface area contributed by atoms with Gasteiger partial charge < -0.3 is 0 Å². The van der Waals surface area contributed by atoms with Crippen LogP contribution in [0.3, 0.4) is 0 Å². The van der Waals surface area contributed by atoms with Crippen molar-refractivity contribution in [3.8, 4) is 0 Å². The van der Waals surface area contributed by atoms with Gasteiger partial charge in [0.1, 0.15) is 12.4 Å². The van der Waals surface area contributed by atoms with Gasteiger partial charge in [-0.15, -0.1) is 0 Å². The van der Waals surface area contributed by atoms with E-state index in [0.29, 0.717) is 17.8 Å². The van der Waals surface area contributed by atoms with Gasteiger partial charge in [-0.2, -0.15) is 13.2 Å². The van der Waals surface area contributed by atoms with E-state index in [2.05, 4.69) is 9.98 Å². The van der Waals surface area contributed by atoms with E-state index in [1.165, 1.54) is 17.0 Å². The first-order chi connectivity index (χ1) is 10.9. The first-order valence-electron chi connectivity index (χ1n) is 6.86. The highest BCUT2D eigenvalue weighted by molar-refractivity contribution is 6.45. The minimum absolute atomic E-state index is 0.116. The Bertz CT molecular complexity index is 739. The number of hydrogen-bond donors (Lipinski definition) is 0. The van der Waals surface area contributed by atoms with Gasteiger partial charge in [0.25, 0.3) is 5.91 Å². The van der Waals surface area contributed by atoms with Crippen LogP contribution >= 0.6 is 0 Å². The number of carbonyl (C=O) groups excluding carboxylic acids is 1. The first kappa shape index (κ1) is 15.2. The maximum atomic E-state index is 12.6. The van der Waals surface area contributed by atoms with E-state index in [9.17, 15) is 18.0 Å². The van der Waals surface area contributed by atoms with Crippen LogP contribution in [0.15, 0.2) is 53.8 Å². The van der Waals surface area contributed by atoms with Crippen LogP contribution in [0.2, 0.25) is 0 Å². The standard InChI is InChI=1S/C16H12F3N3O/c17-16(18,19)12-1-3-13(4-2-12)22-10-21-14(15(22)23)9-11-5-7-20-8-6-11/h1-8H,9-10H2. The lowest BCUT2D eigenvalue weighted by Gasteiger charge is -2.16. The maximum Gasteiger partial charge on any atom is 0.416 e. The summed E-state index contributed by atoms with van der Waals surface area (Å²) >= 11 is 0. The molecule has 23 heavy (non-hydrogen) atoms. The average molecular weight is 319 g/mol. The molecule has 4 nitrogen and oxygen atoms in total. The Morgan fingerprint density at radius 1 is 1.04 bits per heavy atom. The van der Waals surface area contributed by atoms with Gasteiger partial charge >= 0.3 is 6.18 Å². The summed E-state index contributed by atoms with van der Waals surface area (Å²) in [4.78, 5) is 21.8. The molecule has 0 bridgehead atoms. The number of halogens is 3. The van der Waals surface area contributed by atoms with Crippen molar-refractivity contribution in [1.82, 2.24) is 4.98 Å². The number of aliphatic imine (C=N–C) groups is 1. The number of alkyl halides is 3. The number of pyridine rings is 1. The van der Waals surface area contributed by atoms with Crippen molar-refractivity contribution >= 4 is 17.3 Å². The Morgan fingerprint density at radius 3 is 2.30 bits per heavy atom. The fraction of sp³-hybridized carbons (Fsp3) is 0.188. The maximum absolute atomic E-state index is 12.6. The van der Waals surface area contributed by atoms with E-state index in [0.717, 1.165) is 17.7 Å². The molecule has 7 heteroatoms. The Morgan fingerprint density at radius 2 is 1.70 bits per heavy atom. The molecule has 0 atom stereocenters. The molecule has 0 spiro atoms. The molecule has 0 aliphatic carbocycles. The van der Waals surface area contributed by atoms with Gasteiger partial charge in [-0.3, -0.25) is 19.7 Å². The summed E-state index contributed by atoms with van der Waals surface area (Å²) < 4.78 is 37.7. The first-order valence-corrected chi connectivity index (χ1v) is 6.86. The predicted molar refractivity (Wildman–Crippen MR) is 79.2 cm³/mol. The van der Waals surface area contributed by atoms with E-state index in [1.54, 1.807) is 24.5 Å². The summed E-state index contributed by atoms with van der Waals surface area (Å²) in [5.41, 5.74) is 0.944. The topological polar surface area (TPSA) is 45.6 Å². The molecule has 0 saturated heterocycles. The van der Waals surface area contributed by atoms with E-state index in [1.807, 2.05) is 0 Å². The second-order valence-electron chi connectivity index (χ2n) is 5.06. The van der Waals surface area contributed by atoms with Gasteiger partial charge in [0.05, 0.1) is 5.56 Å². The van der Waals surface area contributed by atoms with E-state index in [-0.39, 0.29) is 12.6 Å². The SMILES string of the molecule is O=C1C(Cc2ccncc2)=NCN1c1ccc(C(F)(F)F)cc1. The molecule has 3 rings (SSSR count). The van der Waals surface area contributed by atoms with Crippen molar-refractivity contribution in [2.45, 2.75) is 12.6 Å². The molecule has 1 aromatic carbocycles. The number of amides is 1. The summed E-state index contributed by atoms with van der Waals surface area (Å²) in [6, 6.07) is 8.07. The summed E-state index contributed by atoms with van der Waals surface area (Å²) in [6.45, 7) is 0.116. The molecule has 1 aliphatic heterocycles. The summed E-state index contributed by atoms with van der Waals surface area (Å²) in [5, 5.41) is 0. The highest BCUT2D eigenvalue weighted by Crippen LogP contribution is 2.31. The van der Waals surface area contributed by atoms with Crippen molar-refractivity contribution in [3.05, 3.63) is 59.9 Å². The molecule has 118 valence electrons. The number of aromatic nitrogens is 1. The Balaban J connectivity index is 1.73. The Kier molecular flexibility index (Phi) is 3.85. The monoisotopic (exact) mass is 319 g/mol. The summed E-state index contributed by atoms with van der Waals surface area (Å²) in [7, 11) is 0. The molecule has 0 unspecified atom stereocenters. The minimum Gasteiger partial charge on any atom is -0.287 e. The third-order valence-electron chi connectivity index (χ3n) is 3.52. The Hall–Kier alpha value is -2.70. The molecule has 2 heterocycles. The Labute approximate surface area is 130 Å². The molecule has 1 aromatic heterocycles. The van der Waals surface area contributed by atoms with Gasteiger partial charge in [-0.1, -0.05) is 0 Å². The quantitative estimate of drug-likeness (QED) is 0.873. The number of hydrogen-bond acceptors (Lipinski definition) is 3. The fourth-order valence-corrected chi connectivity index (χ4v) is 2.30. The number of anilines is 1. The normalized spacial score (nSPS) is 15.0.